The average molecular weight is 323 g/mol. The van der Waals surface area contributed by atoms with Crippen molar-refractivity contribution in [1.29, 1.82) is 0 Å². The molecule has 2 aliphatic heterocycles. The number of nitrogens with one attached hydrogen (secondary N) is 1. The summed E-state index contributed by atoms with van der Waals surface area (Å²) in [5, 5.41) is 3.31. The molecular formula is C17H29N3O3. The average Bonchev–Trinajstić information content (AvgIpc) is 2.93. The maximum Gasteiger partial charge on any atom is 0.409 e. The summed E-state index contributed by atoms with van der Waals surface area (Å²) in [5.41, 5.74) is 0. The maximum atomic E-state index is 12.3. The van der Waals surface area contributed by atoms with Crippen LogP contribution in [0.4, 0.5) is 4.79 Å². The molecule has 0 unspecified atom stereocenters. The van der Waals surface area contributed by atoms with Crippen molar-refractivity contribution in [2.75, 3.05) is 32.8 Å². The van der Waals surface area contributed by atoms with Crippen LogP contribution in [-0.2, 0) is 9.53 Å². The molecule has 2 fully saturated rings. The molecule has 2 amide bonds. The molecule has 6 heteroatoms. The van der Waals surface area contributed by atoms with Crippen LogP contribution in [0.2, 0.25) is 0 Å². The highest BCUT2D eigenvalue weighted by atomic mass is 16.6. The largest absolute Gasteiger partial charge is 0.450 e. The molecule has 0 spiro atoms. The van der Waals surface area contributed by atoms with Gasteiger partial charge < -0.3 is 19.9 Å². The molecule has 1 N–H and O–H groups in total. The molecule has 1 atom stereocenters. The van der Waals surface area contributed by atoms with E-state index in [1.54, 1.807) is 4.90 Å². The topological polar surface area (TPSA) is 61.9 Å². The third kappa shape index (κ3) is 4.70. The SMILES string of the molecule is C=CCNCC[C@@H]1CCC(=O)N1C1CCN(C(=O)OCC)CC1. The molecule has 2 aliphatic rings. The number of piperidine rings is 1. The highest BCUT2D eigenvalue weighted by molar-refractivity contribution is 5.79. The van der Waals surface area contributed by atoms with Gasteiger partial charge in [-0.15, -0.1) is 6.58 Å². The van der Waals surface area contributed by atoms with E-state index in [4.69, 9.17) is 4.74 Å². The Morgan fingerprint density at radius 1 is 1.39 bits per heavy atom. The zero-order valence-corrected chi connectivity index (χ0v) is 14.1. The van der Waals surface area contributed by atoms with Crippen molar-refractivity contribution in [3.05, 3.63) is 12.7 Å². The first-order chi connectivity index (χ1) is 11.2. The predicted octanol–water partition coefficient (Wildman–Crippen LogP) is 1.76. The normalized spacial score (nSPS) is 22.5. The van der Waals surface area contributed by atoms with E-state index in [2.05, 4.69) is 16.8 Å². The summed E-state index contributed by atoms with van der Waals surface area (Å²) < 4.78 is 5.05. The van der Waals surface area contributed by atoms with E-state index in [0.717, 1.165) is 38.8 Å². The van der Waals surface area contributed by atoms with Crippen LogP contribution in [0.1, 0.15) is 39.0 Å². The zero-order valence-electron chi connectivity index (χ0n) is 14.1. The molecule has 130 valence electrons. The molecule has 0 aromatic heterocycles. The van der Waals surface area contributed by atoms with Crippen LogP contribution in [-0.4, -0.2) is 66.7 Å². The Bertz CT molecular complexity index is 419. The van der Waals surface area contributed by atoms with Crippen molar-refractivity contribution in [1.82, 2.24) is 15.1 Å². The molecule has 6 nitrogen and oxygen atoms in total. The van der Waals surface area contributed by atoms with E-state index in [9.17, 15) is 9.59 Å². The standard InChI is InChI=1S/C17H29N3O3/c1-3-10-18-11-7-14-5-6-16(21)20(14)15-8-12-19(13-9-15)17(22)23-4-2/h3,14-15,18H,1,4-13H2,2H3/t14-/m0/s1. The van der Waals surface area contributed by atoms with Gasteiger partial charge in [0.1, 0.15) is 0 Å². The highest BCUT2D eigenvalue weighted by Gasteiger charge is 2.37. The summed E-state index contributed by atoms with van der Waals surface area (Å²) in [7, 11) is 0. The van der Waals surface area contributed by atoms with Crippen molar-refractivity contribution in [3.63, 3.8) is 0 Å². The Hall–Kier alpha value is -1.56. The number of likely N-dealkylation sites (tertiary alicyclic amines) is 2. The van der Waals surface area contributed by atoms with Crippen molar-refractivity contribution < 1.29 is 14.3 Å². The van der Waals surface area contributed by atoms with Gasteiger partial charge in [-0.25, -0.2) is 4.79 Å². The van der Waals surface area contributed by atoms with E-state index in [0.29, 0.717) is 32.2 Å². The van der Waals surface area contributed by atoms with Crippen LogP contribution in [0.3, 0.4) is 0 Å². The number of hydrogen-bond donors (Lipinski definition) is 1. The highest BCUT2D eigenvalue weighted by Crippen LogP contribution is 2.28. The molecule has 0 aromatic rings. The summed E-state index contributed by atoms with van der Waals surface area (Å²) in [5.74, 6) is 0.272. The van der Waals surface area contributed by atoms with E-state index >= 15 is 0 Å². The number of amides is 2. The van der Waals surface area contributed by atoms with Crippen molar-refractivity contribution in [3.8, 4) is 0 Å². The molecule has 0 aromatic carbocycles. The van der Waals surface area contributed by atoms with Gasteiger partial charge in [-0.05, 0) is 39.2 Å². The second kappa shape index (κ2) is 8.91. The second-order valence-electron chi connectivity index (χ2n) is 6.19. The van der Waals surface area contributed by atoms with Gasteiger partial charge in [0.25, 0.3) is 0 Å². The Labute approximate surface area is 138 Å². The predicted molar refractivity (Wildman–Crippen MR) is 89.2 cm³/mol. The van der Waals surface area contributed by atoms with Crippen molar-refractivity contribution in [2.45, 2.75) is 51.1 Å². The first-order valence-corrected chi connectivity index (χ1v) is 8.71. The summed E-state index contributed by atoms with van der Waals surface area (Å²) in [4.78, 5) is 27.9. The minimum atomic E-state index is -0.233. The van der Waals surface area contributed by atoms with Crippen LogP contribution in [0, 0.1) is 0 Å². The minimum Gasteiger partial charge on any atom is -0.450 e. The fourth-order valence-corrected chi connectivity index (χ4v) is 3.56. The van der Waals surface area contributed by atoms with Crippen LogP contribution in [0.25, 0.3) is 0 Å². The van der Waals surface area contributed by atoms with Gasteiger partial charge in [0, 0.05) is 38.1 Å². The summed E-state index contributed by atoms with van der Waals surface area (Å²) in [6.07, 6.45) is 5.91. The third-order valence-corrected chi connectivity index (χ3v) is 4.70. The summed E-state index contributed by atoms with van der Waals surface area (Å²) in [6.45, 7) is 8.98. The number of ether oxygens (including phenoxy) is 1. The minimum absolute atomic E-state index is 0.233. The Morgan fingerprint density at radius 2 is 2.13 bits per heavy atom. The molecule has 23 heavy (non-hydrogen) atoms. The van der Waals surface area contributed by atoms with Gasteiger partial charge in [-0.2, -0.15) is 0 Å². The zero-order chi connectivity index (χ0) is 16.7. The monoisotopic (exact) mass is 323 g/mol. The lowest BCUT2D eigenvalue weighted by atomic mass is 10.0. The van der Waals surface area contributed by atoms with E-state index in [1.807, 2.05) is 13.0 Å². The number of nitrogens with zero attached hydrogens (tertiary/aromatic N) is 2. The van der Waals surface area contributed by atoms with Gasteiger partial charge in [0.2, 0.25) is 5.91 Å². The van der Waals surface area contributed by atoms with E-state index in [-0.39, 0.29) is 18.0 Å². The quantitative estimate of drug-likeness (QED) is 0.573. The molecule has 0 saturated carbocycles. The number of carbonyl (C=O) groups is 2. The molecule has 2 saturated heterocycles. The molecular weight excluding hydrogens is 294 g/mol. The number of rotatable bonds is 7. The summed E-state index contributed by atoms with van der Waals surface area (Å²) >= 11 is 0. The molecule has 0 bridgehead atoms. The Kier molecular flexibility index (Phi) is 6.89. The molecule has 0 aliphatic carbocycles. The van der Waals surface area contributed by atoms with Gasteiger partial charge in [0.15, 0.2) is 0 Å². The number of hydrogen-bond acceptors (Lipinski definition) is 4. The fraction of sp³-hybridized carbons (Fsp3) is 0.765. The van der Waals surface area contributed by atoms with Crippen molar-refractivity contribution >= 4 is 12.0 Å². The second-order valence-corrected chi connectivity index (χ2v) is 6.19. The lowest BCUT2D eigenvalue weighted by molar-refractivity contribution is -0.132. The summed E-state index contributed by atoms with van der Waals surface area (Å²) in [6, 6.07) is 0.596. The van der Waals surface area contributed by atoms with Crippen LogP contribution in [0.5, 0.6) is 0 Å². The molecule has 2 rings (SSSR count). The first kappa shape index (κ1) is 17.8. The lowest BCUT2D eigenvalue weighted by Gasteiger charge is -2.39. The van der Waals surface area contributed by atoms with Gasteiger partial charge in [0.05, 0.1) is 6.61 Å². The Morgan fingerprint density at radius 3 is 2.78 bits per heavy atom. The fourth-order valence-electron chi connectivity index (χ4n) is 3.56. The number of carbonyl (C=O) groups excluding carboxylic acids is 2. The van der Waals surface area contributed by atoms with Gasteiger partial charge >= 0.3 is 6.09 Å². The lowest BCUT2D eigenvalue weighted by Crippen LogP contribution is -2.50. The maximum absolute atomic E-state index is 12.3. The van der Waals surface area contributed by atoms with Crippen LogP contribution in [0.15, 0.2) is 12.7 Å². The smallest absolute Gasteiger partial charge is 0.409 e. The van der Waals surface area contributed by atoms with Crippen molar-refractivity contribution in [2.24, 2.45) is 0 Å². The van der Waals surface area contributed by atoms with Gasteiger partial charge in [-0.1, -0.05) is 6.08 Å². The Balaban J connectivity index is 1.83. The van der Waals surface area contributed by atoms with E-state index < -0.39 is 0 Å². The molecule has 0 radical (unpaired) electrons. The molecule has 2 heterocycles. The van der Waals surface area contributed by atoms with E-state index in [1.165, 1.54) is 0 Å². The van der Waals surface area contributed by atoms with Crippen LogP contribution < -0.4 is 5.32 Å². The first-order valence-electron chi connectivity index (χ1n) is 8.71. The van der Waals surface area contributed by atoms with Crippen LogP contribution >= 0.6 is 0 Å². The third-order valence-electron chi connectivity index (χ3n) is 4.70. The van der Waals surface area contributed by atoms with Gasteiger partial charge in [-0.3, -0.25) is 4.79 Å².